The third-order valence-electron chi connectivity index (χ3n) is 4.08. The van der Waals surface area contributed by atoms with Crippen LogP contribution in [-0.4, -0.2) is 12.6 Å². The highest BCUT2D eigenvalue weighted by atomic mass is 15.0. The lowest BCUT2D eigenvalue weighted by molar-refractivity contribution is 0.251. The fourth-order valence-electron chi connectivity index (χ4n) is 3.32. The maximum absolute atomic E-state index is 3.73. The van der Waals surface area contributed by atoms with E-state index in [0.29, 0.717) is 0 Å². The van der Waals surface area contributed by atoms with E-state index in [-0.39, 0.29) is 0 Å². The van der Waals surface area contributed by atoms with Gasteiger partial charge in [0.25, 0.3) is 0 Å². The Morgan fingerprint density at radius 3 is 2.62 bits per heavy atom. The molecular weight excluding hydrogens is 158 g/mol. The Balaban J connectivity index is 2.06. The van der Waals surface area contributed by atoms with Crippen molar-refractivity contribution in [3.05, 3.63) is 0 Å². The zero-order valence-corrected chi connectivity index (χ0v) is 9.05. The van der Waals surface area contributed by atoms with Gasteiger partial charge < -0.3 is 5.32 Å². The predicted octanol–water partition coefficient (Wildman–Crippen LogP) is 2.81. The molecule has 0 aromatic heterocycles. The van der Waals surface area contributed by atoms with Crippen LogP contribution in [0.2, 0.25) is 0 Å². The molecule has 0 bridgehead atoms. The molecule has 76 valence electrons. The fraction of sp³-hybridized carbons (Fsp3) is 1.00. The third-order valence-corrected chi connectivity index (χ3v) is 4.08. The summed E-state index contributed by atoms with van der Waals surface area (Å²) in [5.41, 5.74) is 0. The lowest BCUT2D eigenvalue weighted by Gasteiger charge is -2.29. The number of nitrogens with one attached hydrogen (secondary N) is 1. The van der Waals surface area contributed by atoms with Crippen molar-refractivity contribution in [2.45, 2.75) is 52.0 Å². The first-order valence-electron chi connectivity index (χ1n) is 6.02. The average molecular weight is 181 g/mol. The van der Waals surface area contributed by atoms with Crippen molar-refractivity contribution in [3.8, 4) is 0 Å². The predicted molar refractivity (Wildman–Crippen MR) is 56.7 cm³/mol. The van der Waals surface area contributed by atoms with E-state index >= 15 is 0 Å². The molecule has 1 saturated carbocycles. The summed E-state index contributed by atoms with van der Waals surface area (Å²) in [5.74, 6) is 2.83. The van der Waals surface area contributed by atoms with Crippen LogP contribution in [0.15, 0.2) is 0 Å². The van der Waals surface area contributed by atoms with Gasteiger partial charge in [-0.15, -0.1) is 0 Å². The van der Waals surface area contributed by atoms with E-state index in [0.717, 1.165) is 23.8 Å². The van der Waals surface area contributed by atoms with Gasteiger partial charge in [0.05, 0.1) is 0 Å². The van der Waals surface area contributed by atoms with Crippen LogP contribution in [0.4, 0.5) is 0 Å². The van der Waals surface area contributed by atoms with Gasteiger partial charge in [-0.25, -0.2) is 0 Å². The molecule has 0 radical (unpaired) electrons. The minimum Gasteiger partial charge on any atom is -0.313 e. The highest BCUT2D eigenvalue weighted by Crippen LogP contribution is 2.36. The smallest absolute Gasteiger partial charge is 0.0126 e. The van der Waals surface area contributed by atoms with E-state index in [4.69, 9.17) is 0 Å². The average Bonchev–Trinajstić information content (AvgIpc) is 2.44. The monoisotopic (exact) mass is 181 g/mol. The summed E-state index contributed by atoms with van der Waals surface area (Å²) >= 11 is 0. The number of hydrogen-bond acceptors (Lipinski definition) is 1. The molecule has 0 spiro atoms. The summed E-state index contributed by atoms with van der Waals surface area (Å²) in [4.78, 5) is 0. The third kappa shape index (κ3) is 1.90. The molecule has 0 aromatic rings. The number of fused-ring (bicyclic) bond motifs is 1. The van der Waals surface area contributed by atoms with Gasteiger partial charge in [0.1, 0.15) is 0 Å². The minimum atomic E-state index is 0.863. The lowest BCUT2D eigenvalue weighted by atomic mass is 9.81. The van der Waals surface area contributed by atoms with Gasteiger partial charge in [-0.2, -0.15) is 0 Å². The highest BCUT2D eigenvalue weighted by molar-refractivity contribution is 4.91. The van der Waals surface area contributed by atoms with Crippen LogP contribution >= 0.6 is 0 Å². The Labute approximate surface area is 82.3 Å². The molecule has 0 amide bonds. The Bertz CT molecular complexity index is 165. The second-order valence-electron chi connectivity index (χ2n) is 5.22. The summed E-state index contributed by atoms with van der Waals surface area (Å²) in [7, 11) is 0. The number of hydrogen-bond donors (Lipinski definition) is 1. The second-order valence-corrected chi connectivity index (χ2v) is 5.22. The lowest BCUT2D eigenvalue weighted by Crippen LogP contribution is -2.36. The molecule has 1 saturated heterocycles. The largest absolute Gasteiger partial charge is 0.313 e. The van der Waals surface area contributed by atoms with Gasteiger partial charge in [-0.05, 0) is 43.6 Å². The summed E-state index contributed by atoms with van der Waals surface area (Å²) in [6.07, 6.45) is 7.34. The normalized spacial score (nSPS) is 40.4. The van der Waals surface area contributed by atoms with Crippen LogP contribution in [0.3, 0.4) is 0 Å². The van der Waals surface area contributed by atoms with Gasteiger partial charge in [-0.3, -0.25) is 0 Å². The first-order valence-corrected chi connectivity index (χ1v) is 6.02. The zero-order chi connectivity index (χ0) is 9.26. The quantitative estimate of drug-likeness (QED) is 0.656. The first kappa shape index (κ1) is 9.51. The van der Waals surface area contributed by atoms with Crippen LogP contribution in [-0.2, 0) is 0 Å². The van der Waals surface area contributed by atoms with E-state index in [2.05, 4.69) is 19.2 Å². The van der Waals surface area contributed by atoms with Gasteiger partial charge in [-0.1, -0.05) is 26.7 Å². The Morgan fingerprint density at radius 2 is 1.85 bits per heavy atom. The minimum absolute atomic E-state index is 0.863. The Hall–Kier alpha value is -0.0400. The van der Waals surface area contributed by atoms with Crippen LogP contribution in [0, 0.1) is 17.8 Å². The van der Waals surface area contributed by atoms with Gasteiger partial charge >= 0.3 is 0 Å². The molecule has 0 aromatic carbocycles. The summed E-state index contributed by atoms with van der Waals surface area (Å²) in [6, 6.07) is 0.863. The number of rotatable bonds is 1. The van der Waals surface area contributed by atoms with Crippen LogP contribution in [0.5, 0.6) is 0 Å². The van der Waals surface area contributed by atoms with Gasteiger partial charge in [0.15, 0.2) is 0 Å². The molecule has 1 aliphatic carbocycles. The highest BCUT2D eigenvalue weighted by Gasteiger charge is 2.35. The molecule has 3 unspecified atom stereocenters. The molecule has 1 heteroatoms. The van der Waals surface area contributed by atoms with E-state index in [1.54, 1.807) is 0 Å². The molecule has 3 atom stereocenters. The molecule has 2 rings (SSSR count). The van der Waals surface area contributed by atoms with E-state index in [9.17, 15) is 0 Å². The summed E-state index contributed by atoms with van der Waals surface area (Å²) in [6.45, 7) is 6.07. The van der Waals surface area contributed by atoms with Crippen molar-refractivity contribution < 1.29 is 0 Å². The van der Waals surface area contributed by atoms with Gasteiger partial charge in [0, 0.05) is 6.04 Å². The summed E-state index contributed by atoms with van der Waals surface area (Å²) < 4.78 is 0. The van der Waals surface area contributed by atoms with Crippen molar-refractivity contribution >= 4 is 0 Å². The fourth-order valence-corrected chi connectivity index (χ4v) is 3.32. The maximum atomic E-state index is 3.73. The van der Waals surface area contributed by atoms with Crippen molar-refractivity contribution in [2.24, 2.45) is 17.8 Å². The van der Waals surface area contributed by atoms with Crippen LogP contribution in [0.25, 0.3) is 0 Å². The molecule has 2 fully saturated rings. The van der Waals surface area contributed by atoms with Crippen molar-refractivity contribution in [2.75, 3.05) is 6.54 Å². The first-order chi connectivity index (χ1) is 6.29. The molecule has 1 N–H and O–H groups in total. The van der Waals surface area contributed by atoms with Crippen molar-refractivity contribution in [1.82, 2.24) is 5.32 Å². The molecule has 2 aliphatic rings. The standard InChI is InChI=1S/C12H23N/c1-9(2)11-6-4-3-5-10-7-8-13-12(10)11/h9-13H,3-8H2,1-2H3. The summed E-state index contributed by atoms with van der Waals surface area (Å²) in [5, 5.41) is 3.73. The zero-order valence-electron chi connectivity index (χ0n) is 9.05. The van der Waals surface area contributed by atoms with Crippen molar-refractivity contribution in [3.63, 3.8) is 0 Å². The second kappa shape index (κ2) is 4.00. The van der Waals surface area contributed by atoms with E-state index < -0.39 is 0 Å². The molecular formula is C12H23N. The maximum Gasteiger partial charge on any atom is 0.0126 e. The molecule has 1 heterocycles. The van der Waals surface area contributed by atoms with Crippen LogP contribution < -0.4 is 5.32 Å². The molecule has 1 nitrogen and oxygen atoms in total. The van der Waals surface area contributed by atoms with Crippen LogP contribution in [0.1, 0.15) is 46.0 Å². The molecule has 13 heavy (non-hydrogen) atoms. The van der Waals surface area contributed by atoms with Gasteiger partial charge in [0.2, 0.25) is 0 Å². The van der Waals surface area contributed by atoms with Crippen molar-refractivity contribution in [1.29, 1.82) is 0 Å². The molecule has 1 aliphatic heterocycles. The Kier molecular flexibility index (Phi) is 2.92. The topological polar surface area (TPSA) is 12.0 Å². The van der Waals surface area contributed by atoms with E-state index in [1.165, 1.54) is 38.6 Å². The SMILES string of the molecule is CC(C)C1CCCCC2CCNC21. The Morgan fingerprint density at radius 1 is 1.08 bits per heavy atom. The van der Waals surface area contributed by atoms with E-state index in [1.807, 2.05) is 0 Å².